The lowest BCUT2D eigenvalue weighted by Crippen LogP contribution is -2.30. The first kappa shape index (κ1) is 21.8. The second-order valence-electron chi connectivity index (χ2n) is 9.48. The Morgan fingerprint density at radius 3 is 2.69 bits per heavy atom. The molecule has 3 aromatic rings. The third kappa shape index (κ3) is 3.57. The van der Waals surface area contributed by atoms with Crippen molar-refractivity contribution in [3.05, 3.63) is 70.9 Å². The number of benzene rings is 2. The molecule has 0 radical (unpaired) electrons. The highest BCUT2D eigenvalue weighted by Gasteiger charge is 2.43. The molecule has 1 saturated heterocycles. The van der Waals surface area contributed by atoms with Crippen molar-refractivity contribution in [1.82, 2.24) is 9.78 Å². The minimum atomic E-state index is -1.48. The smallest absolute Gasteiger partial charge is 0.249 e. The molecule has 1 aliphatic heterocycles. The number of aromatic nitrogens is 2. The number of nitrogens with zero attached hydrogens (tertiary/aromatic N) is 3. The molecule has 35 heavy (non-hydrogen) atoms. The quantitative estimate of drug-likeness (QED) is 0.422. The Hall–Kier alpha value is -3.76. The number of ketones is 1. The average molecular weight is 467 g/mol. The molecule has 2 aromatic carbocycles. The number of Topliss-reactive ketones (excluding diaryl/α,β-unsaturated/α-hetero) is 1. The first-order valence-corrected chi connectivity index (χ1v) is 12.3. The van der Waals surface area contributed by atoms with Gasteiger partial charge in [0.25, 0.3) is 0 Å². The summed E-state index contributed by atoms with van der Waals surface area (Å²) in [6.07, 6.45) is 5.55. The fourth-order valence-corrected chi connectivity index (χ4v) is 5.84. The van der Waals surface area contributed by atoms with Crippen LogP contribution in [0.15, 0.2) is 48.5 Å². The molecule has 1 fully saturated rings. The van der Waals surface area contributed by atoms with Crippen molar-refractivity contribution in [2.75, 3.05) is 11.9 Å². The number of carbonyl (C=O) groups is 2. The fourth-order valence-electron chi connectivity index (χ4n) is 5.84. The lowest BCUT2D eigenvalue weighted by Gasteiger charge is -2.25. The Labute approximate surface area is 203 Å². The van der Waals surface area contributed by atoms with Crippen molar-refractivity contribution in [2.45, 2.75) is 50.7 Å². The lowest BCUT2D eigenvalue weighted by molar-refractivity contribution is -0.117. The first-order chi connectivity index (χ1) is 17.2. The fraction of sp³-hybridized carbons (Fsp3) is 0.357. The van der Waals surface area contributed by atoms with Gasteiger partial charge in [-0.2, -0.15) is 10.4 Å². The van der Waals surface area contributed by atoms with Crippen LogP contribution in [0.3, 0.4) is 0 Å². The zero-order valence-corrected chi connectivity index (χ0v) is 19.4. The van der Waals surface area contributed by atoms with Crippen LogP contribution < -0.4 is 5.32 Å². The van der Waals surface area contributed by atoms with E-state index in [2.05, 4.69) is 23.5 Å². The molecule has 1 aromatic heterocycles. The summed E-state index contributed by atoms with van der Waals surface area (Å²) in [6.45, 7) is 0.652. The number of nitriles is 1. The Kier molecular flexibility index (Phi) is 5.46. The summed E-state index contributed by atoms with van der Waals surface area (Å²) in [4.78, 5) is 26.8. The van der Waals surface area contributed by atoms with Crippen LogP contribution in [-0.4, -0.2) is 28.1 Å². The van der Waals surface area contributed by atoms with E-state index >= 15 is 0 Å². The molecule has 176 valence electrons. The van der Waals surface area contributed by atoms with Crippen LogP contribution in [0, 0.1) is 17.2 Å². The molecule has 0 bridgehead atoms. The molecule has 7 nitrogen and oxygen atoms in total. The Balaban J connectivity index is 1.44. The number of ether oxygens (including phenoxy) is 1. The maximum atomic E-state index is 13.8. The van der Waals surface area contributed by atoms with Crippen molar-refractivity contribution >= 4 is 17.4 Å². The number of hydrogen-bond acceptors (Lipinski definition) is 5. The van der Waals surface area contributed by atoms with Crippen molar-refractivity contribution < 1.29 is 14.3 Å². The second-order valence-corrected chi connectivity index (χ2v) is 9.48. The predicted molar refractivity (Wildman–Crippen MR) is 130 cm³/mol. The highest BCUT2D eigenvalue weighted by atomic mass is 16.5. The summed E-state index contributed by atoms with van der Waals surface area (Å²) in [5, 5.41) is 17.3. The largest absolute Gasteiger partial charge is 0.356 e. The monoisotopic (exact) mass is 466 g/mol. The van der Waals surface area contributed by atoms with E-state index in [0.29, 0.717) is 12.3 Å². The molecule has 1 amide bonds. The molecule has 0 spiro atoms. The Morgan fingerprint density at radius 2 is 1.91 bits per heavy atom. The number of carbonyl (C=O) groups excluding carboxylic acids is 2. The number of aryl methyl sites for hydroxylation is 1. The number of anilines is 1. The Morgan fingerprint density at radius 1 is 1.06 bits per heavy atom. The summed E-state index contributed by atoms with van der Waals surface area (Å²) in [7, 11) is 0. The van der Waals surface area contributed by atoms with Gasteiger partial charge in [0.15, 0.2) is 12.1 Å². The summed E-state index contributed by atoms with van der Waals surface area (Å²) in [5.41, 5.74) is 6.24. The molecule has 3 aliphatic rings. The third-order valence-corrected chi connectivity index (χ3v) is 7.39. The predicted octanol–water partition coefficient (Wildman–Crippen LogP) is 4.99. The van der Waals surface area contributed by atoms with E-state index in [1.807, 2.05) is 16.8 Å². The van der Waals surface area contributed by atoms with E-state index in [-0.39, 0.29) is 17.8 Å². The minimum Gasteiger partial charge on any atom is -0.356 e. The maximum Gasteiger partial charge on any atom is 0.249 e. The van der Waals surface area contributed by atoms with Gasteiger partial charge in [-0.25, -0.2) is 4.68 Å². The normalized spacial score (nSPS) is 20.9. The number of amides is 1. The first-order valence-electron chi connectivity index (χ1n) is 12.3. The minimum absolute atomic E-state index is 0.0535. The van der Waals surface area contributed by atoms with Gasteiger partial charge in [-0.3, -0.25) is 9.59 Å². The molecule has 2 heterocycles. The second kappa shape index (κ2) is 8.79. The number of fused-ring (bicyclic) bond motifs is 3. The van der Waals surface area contributed by atoms with Crippen LogP contribution in [0.25, 0.3) is 11.3 Å². The maximum absolute atomic E-state index is 13.8. The number of rotatable bonds is 5. The van der Waals surface area contributed by atoms with Crippen molar-refractivity contribution in [3.8, 4) is 17.3 Å². The molecule has 3 unspecified atom stereocenters. The van der Waals surface area contributed by atoms with E-state index in [1.54, 1.807) is 24.3 Å². The van der Waals surface area contributed by atoms with E-state index in [4.69, 9.17) is 9.84 Å². The molecule has 2 aliphatic carbocycles. The van der Waals surface area contributed by atoms with Gasteiger partial charge < -0.3 is 10.1 Å². The van der Waals surface area contributed by atoms with Crippen LogP contribution in [0.4, 0.5) is 5.69 Å². The highest BCUT2D eigenvalue weighted by Crippen LogP contribution is 2.53. The molecule has 7 heteroatoms. The van der Waals surface area contributed by atoms with Crippen molar-refractivity contribution in [3.63, 3.8) is 0 Å². The van der Waals surface area contributed by atoms with Gasteiger partial charge in [-0.05, 0) is 61.8 Å². The standard InChI is InChI=1S/C28H26N4O3/c29-16-21(28(34)30-18-10-2-1-3-11-18)27(33)25-24-19-12-6-8-17-9-7-13-20(23(17)19)26(24)32(31-25)22-14-4-5-15-35-22/h1-3,7,9-11,13,19,21-22H,4-6,8,12,14-15H2,(H,30,34). The van der Waals surface area contributed by atoms with Gasteiger partial charge >= 0.3 is 0 Å². The topological polar surface area (TPSA) is 97.0 Å². The molecule has 1 N–H and O–H groups in total. The van der Waals surface area contributed by atoms with Crippen molar-refractivity contribution in [1.29, 1.82) is 5.26 Å². The molecular formula is C28H26N4O3. The van der Waals surface area contributed by atoms with Gasteiger partial charge in [0.2, 0.25) is 11.7 Å². The van der Waals surface area contributed by atoms with Crippen LogP contribution >= 0.6 is 0 Å². The van der Waals surface area contributed by atoms with Gasteiger partial charge in [0, 0.05) is 29.3 Å². The summed E-state index contributed by atoms with van der Waals surface area (Å²) < 4.78 is 7.93. The van der Waals surface area contributed by atoms with Crippen LogP contribution in [0.2, 0.25) is 0 Å². The molecule has 6 rings (SSSR count). The van der Waals surface area contributed by atoms with E-state index < -0.39 is 17.6 Å². The number of nitrogens with one attached hydrogen (secondary N) is 1. The SMILES string of the molecule is N#CC(C(=O)Nc1ccccc1)C(=O)c1nn(C2CCCCO2)c2c1C1CCCc3cccc-2c31. The third-order valence-electron chi connectivity index (χ3n) is 7.39. The van der Waals surface area contributed by atoms with E-state index in [1.165, 1.54) is 11.1 Å². The van der Waals surface area contributed by atoms with E-state index in [9.17, 15) is 14.9 Å². The van der Waals surface area contributed by atoms with Gasteiger partial charge in [-0.1, -0.05) is 36.4 Å². The Bertz CT molecular complexity index is 1350. The molecular weight excluding hydrogens is 440 g/mol. The molecule has 3 atom stereocenters. The summed E-state index contributed by atoms with van der Waals surface area (Å²) in [6, 6.07) is 17.1. The summed E-state index contributed by atoms with van der Waals surface area (Å²) in [5.74, 6) is -2.62. The van der Waals surface area contributed by atoms with Gasteiger partial charge in [0.05, 0.1) is 11.8 Å². The average Bonchev–Trinajstić information content (AvgIpc) is 3.44. The number of para-hydroxylation sites is 1. The lowest BCUT2D eigenvalue weighted by atomic mass is 9.81. The van der Waals surface area contributed by atoms with Crippen LogP contribution in [0.5, 0.6) is 0 Å². The highest BCUT2D eigenvalue weighted by molar-refractivity contribution is 6.16. The van der Waals surface area contributed by atoms with E-state index in [0.717, 1.165) is 55.3 Å². The number of hydrogen-bond donors (Lipinski definition) is 1. The zero-order valence-electron chi connectivity index (χ0n) is 19.4. The van der Waals surface area contributed by atoms with Crippen LogP contribution in [0.1, 0.15) is 71.4 Å². The summed E-state index contributed by atoms with van der Waals surface area (Å²) >= 11 is 0. The van der Waals surface area contributed by atoms with Crippen molar-refractivity contribution in [2.24, 2.45) is 5.92 Å². The molecule has 0 saturated carbocycles. The van der Waals surface area contributed by atoms with Gasteiger partial charge in [-0.15, -0.1) is 0 Å². The van der Waals surface area contributed by atoms with Gasteiger partial charge in [0.1, 0.15) is 5.69 Å². The van der Waals surface area contributed by atoms with Crippen LogP contribution in [-0.2, 0) is 16.0 Å². The zero-order chi connectivity index (χ0) is 23.9.